The van der Waals surface area contributed by atoms with Gasteiger partial charge in [-0.2, -0.15) is 11.8 Å². The highest BCUT2D eigenvalue weighted by Crippen LogP contribution is 2.42. The van der Waals surface area contributed by atoms with E-state index < -0.39 is 29.3 Å². The Balaban J connectivity index is 0.896. The molecule has 1 aromatic heterocycles. The summed E-state index contributed by atoms with van der Waals surface area (Å²) < 4.78 is 18.6. The van der Waals surface area contributed by atoms with Gasteiger partial charge in [-0.1, -0.05) is 61.0 Å². The molecule has 66 heavy (non-hydrogen) atoms. The van der Waals surface area contributed by atoms with Gasteiger partial charge in [-0.3, -0.25) is 14.4 Å². The Morgan fingerprint density at radius 1 is 0.727 bits per heavy atom. The SMILES string of the molecule is O=C(CCCC[C@H]1SC[C@H]2NC(=O)N[C@H]21)NCCCCCNC(=O)CCC(=O)OCCOc1cccc(C(OCCCO)(c2ccccc2)c2ccc(C(=O)On3c(O)ccc3O)cc2)c1. The Morgan fingerprint density at radius 3 is 2.15 bits per heavy atom. The van der Waals surface area contributed by atoms with Crippen LogP contribution in [-0.2, 0) is 29.5 Å². The number of nitrogens with zero attached hydrogens (tertiary/aromatic N) is 1. The van der Waals surface area contributed by atoms with Gasteiger partial charge in [-0.05, 0) is 79.5 Å². The number of aromatic nitrogens is 1. The van der Waals surface area contributed by atoms with Gasteiger partial charge in [-0.25, -0.2) is 9.59 Å². The topological polar surface area (TPSA) is 236 Å². The first kappa shape index (κ1) is 49.2. The number of benzene rings is 3. The van der Waals surface area contributed by atoms with E-state index in [0.29, 0.717) is 52.8 Å². The lowest BCUT2D eigenvalue weighted by Gasteiger charge is -2.36. The number of urea groups is 1. The summed E-state index contributed by atoms with van der Waals surface area (Å²) in [6, 6.07) is 25.9. The van der Waals surface area contributed by atoms with Gasteiger partial charge in [0.05, 0.1) is 30.7 Å². The number of nitrogens with one attached hydrogen (secondary N) is 4. The predicted octanol–water partition coefficient (Wildman–Crippen LogP) is 4.69. The number of amides is 4. The molecular weight excluding hydrogens is 871 g/mol. The van der Waals surface area contributed by atoms with Crippen LogP contribution in [0.25, 0.3) is 0 Å². The summed E-state index contributed by atoms with van der Waals surface area (Å²) in [6.07, 6.45) is 5.84. The van der Waals surface area contributed by atoms with Gasteiger partial charge in [0, 0.05) is 55.7 Å². The van der Waals surface area contributed by atoms with Crippen molar-refractivity contribution < 1.29 is 58.3 Å². The quantitative estimate of drug-likeness (QED) is 0.0186. The van der Waals surface area contributed by atoms with E-state index in [-0.39, 0.29) is 74.8 Å². The summed E-state index contributed by atoms with van der Waals surface area (Å²) >= 11 is 1.88. The lowest BCUT2D eigenvalue weighted by atomic mass is 9.79. The summed E-state index contributed by atoms with van der Waals surface area (Å²) in [4.78, 5) is 66.7. The van der Waals surface area contributed by atoms with Crippen LogP contribution in [0.5, 0.6) is 17.5 Å². The number of hydrogen-bond donors (Lipinski definition) is 7. The number of carbonyl (C=O) groups excluding carboxylic acids is 5. The molecule has 2 fully saturated rings. The van der Waals surface area contributed by atoms with Crippen molar-refractivity contribution in [2.24, 2.45) is 0 Å². The number of ether oxygens (including phenoxy) is 3. The molecule has 0 radical (unpaired) electrons. The van der Waals surface area contributed by atoms with Crippen molar-refractivity contribution in [1.82, 2.24) is 26.0 Å². The number of unbranched alkanes of at least 4 members (excludes halogenated alkanes) is 3. The maximum absolute atomic E-state index is 13.0. The molecule has 2 saturated heterocycles. The van der Waals surface area contributed by atoms with Crippen LogP contribution >= 0.6 is 11.8 Å². The normalized spacial score (nSPS) is 17.2. The van der Waals surface area contributed by atoms with E-state index in [1.807, 2.05) is 48.2 Å². The molecule has 18 heteroatoms. The average Bonchev–Trinajstić information content (AvgIpc) is 3.99. The first-order chi connectivity index (χ1) is 32.1. The van der Waals surface area contributed by atoms with Gasteiger partial charge < -0.3 is 55.6 Å². The van der Waals surface area contributed by atoms with E-state index in [9.17, 15) is 39.3 Å². The van der Waals surface area contributed by atoms with Crippen LogP contribution in [0.4, 0.5) is 4.79 Å². The van der Waals surface area contributed by atoms with Crippen LogP contribution < -0.4 is 30.8 Å². The van der Waals surface area contributed by atoms with Gasteiger partial charge in [0.1, 0.15) is 24.6 Å². The monoisotopic (exact) mass is 929 g/mol. The second kappa shape index (κ2) is 24.9. The minimum Gasteiger partial charge on any atom is -0.492 e. The highest BCUT2D eigenvalue weighted by atomic mass is 32.2. The number of rotatable bonds is 27. The zero-order valence-electron chi connectivity index (χ0n) is 36.8. The van der Waals surface area contributed by atoms with Crippen molar-refractivity contribution in [2.45, 2.75) is 87.1 Å². The van der Waals surface area contributed by atoms with Crippen LogP contribution in [0.1, 0.15) is 91.3 Å². The Labute approximate surface area is 387 Å². The predicted molar refractivity (Wildman–Crippen MR) is 245 cm³/mol. The minimum atomic E-state index is -1.24. The number of hydrogen-bond acceptors (Lipinski definition) is 13. The standard InChI is InChI=1S/C48H59N5O12S/c54-27-10-28-64-48(34-11-3-1-4-12-34,35-19-17-33(18-20-35)46(60)65-53-42(57)22-23-43(53)58)36-13-9-14-37(31-36)62-29-30-63-44(59)24-21-41(56)50-26-8-2-7-25-49-40(55)16-6-5-15-39-45-38(32-66-39)51-47(61)52-45/h1,3-4,9,11-14,17-20,22-23,31,38-39,45,54,57-58H,2,5-8,10,15-16,21,24-30,32H2,(H,49,55)(H,50,56)(H2,51,52,61)/t38-,39-,45-,48?/m1/s1. The van der Waals surface area contributed by atoms with Crippen molar-refractivity contribution in [1.29, 1.82) is 0 Å². The van der Waals surface area contributed by atoms with E-state index in [1.165, 1.54) is 12.1 Å². The van der Waals surface area contributed by atoms with Crippen LogP contribution in [0.2, 0.25) is 0 Å². The molecule has 354 valence electrons. The average molecular weight is 930 g/mol. The number of thioether (sulfide) groups is 1. The Hall–Kier alpha value is -6.24. The Bertz CT molecular complexity index is 2200. The number of esters is 1. The number of fused-ring (bicyclic) bond motifs is 1. The lowest BCUT2D eigenvalue weighted by molar-refractivity contribution is -0.145. The first-order valence-electron chi connectivity index (χ1n) is 22.4. The molecule has 2 aliphatic rings. The van der Waals surface area contributed by atoms with Crippen LogP contribution in [0.15, 0.2) is 91.0 Å². The summed E-state index contributed by atoms with van der Waals surface area (Å²) in [5.74, 6) is -1.07. The van der Waals surface area contributed by atoms with E-state index >= 15 is 0 Å². The Kier molecular flexibility index (Phi) is 18.5. The maximum atomic E-state index is 13.0. The third kappa shape index (κ3) is 13.6. The summed E-state index contributed by atoms with van der Waals surface area (Å²) in [7, 11) is 0. The van der Waals surface area contributed by atoms with Crippen molar-refractivity contribution in [3.05, 3.63) is 113 Å². The second-order valence-corrected chi connectivity index (χ2v) is 17.3. The van der Waals surface area contributed by atoms with Crippen molar-refractivity contribution in [2.75, 3.05) is 45.3 Å². The lowest BCUT2D eigenvalue weighted by Crippen LogP contribution is -2.36. The number of carbonyl (C=O) groups is 5. The zero-order valence-corrected chi connectivity index (χ0v) is 37.6. The fourth-order valence-electron chi connectivity index (χ4n) is 7.93. The second-order valence-electron chi connectivity index (χ2n) is 16.0. The first-order valence-corrected chi connectivity index (χ1v) is 23.5. The zero-order chi connectivity index (χ0) is 46.7. The largest absolute Gasteiger partial charge is 0.492 e. The molecule has 6 rings (SSSR count). The highest BCUT2D eigenvalue weighted by Gasteiger charge is 2.42. The van der Waals surface area contributed by atoms with E-state index in [1.54, 1.807) is 42.5 Å². The molecule has 3 aromatic carbocycles. The van der Waals surface area contributed by atoms with Crippen LogP contribution in [-0.4, -0.2) is 112 Å². The molecule has 7 N–H and O–H groups in total. The summed E-state index contributed by atoms with van der Waals surface area (Å²) in [5.41, 5.74) is 0.968. The molecule has 0 saturated carbocycles. The molecule has 0 bridgehead atoms. The van der Waals surface area contributed by atoms with Crippen LogP contribution in [0, 0.1) is 0 Å². The van der Waals surface area contributed by atoms with Crippen molar-refractivity contribution in [3.63, 3.8) is 0 Å². The maximum Gasteiger partial charge on any atom is 0.363 e. The van der Waals surface area contributed by atoms with Gasteiger partial charge >= 0.3 is 18.0 Å². The van der Waals surface area contributed by atoms with E-state index in [2.05, 4.69) is 21.3 Å². The molecule has 1 unspecified atom stereocenters. The van der Waals surface area contributed by atoms with E-state index in [0.717, 1.165) is 49.8 Å². The molecule has 4 aromatic rings. The number of aromatic hydroxyl groups is 2. The molecular formula is C48H59N5O12S. The molecule has 0 aliphatic carbocycles. The summed E-state index contributed by atoms with van der Waals surface area (Å²) in [6.45, 7) is 1.11. The van der Waals surface area contributed by atoms with Gasteiger partial charge in [-0.15, -0.1) is 4.73 Å². The third-order valence-corrected chi connectivity index (χ3v) is 12.8. The molecule has 2 aliphatic heterocycles. The Morgan fingerprint density at radius 2 is 1.42 bits per heavy atom. The minimum absolute atomic E-state index is 0.00961. The van der Waals surface area contributed by atoms with Crippen molar-refractivity contribution in [3.8, 4) is 17.5 Å². The molecule has 17 nitrogen and oxygen atoms in total. The number of aliphatic hydroxyl groups excluding tert-OH is 1. The van der Waals surface area contributed by atoms with Gasteiger partial charge in [0.25, 0.3) is 0 Å². The fourth-order valence-corrected chi connectivity index (χ4v) is 9.47. The van der Waals surface area contributed by atoms with Gasteiger partial charge in [0.15, 0.2) is 0 Å². The number of aliphatic hydroxyl groups is 1. The highest BCUT2D eigenvalue weighted by molar-refractivity contribution is 8.00. The van der Waals surface area contributed by atoms with Crippen molar-refractivity contribution >= 4 is 41.5 Å². The molecule has 3 heterocycles. The smallest absolute Gasteiger partial charge is 0.363 e. The van der Waals surface area contributed by atoms with Gasteiger partial charge in [0.2, 0.25) is 23.6 Å². The van der Waals surface area contributed by atoms with Crippen LogP contribution in [0.3, 0.4) is 0 Å². The van der Waals surface area contributed by atoms with E-state index in [4.69, 9.17) is 19.0 Å². The summed E-state index contributed by atoms with van der Waals surface area (Å²) in [5, 5.41) is 41.6. The third-order valence-electron chi connectivity index (χ3n) is 11.3. The molecule has 4 amide bonds. The molecule has 0 spiro atoms. The molecule has 4 atom stereocenters. The fraction of sp³-hybridized carbons (Fsp3) is 0.438.